The monoisotopic (exact) mass is 298 g/mol. The smallest absolute Gasteiger partial charge is 0.226 e. The van der Waals surface area contributed by atoms with Crippen LogP contribution in [0, 0.1) is 5.41 Å². The first-order valence-electron chi connectivity index (χ1n) is 6.73. The largest absolute Gasteiger partial charge is 0.356 e. The number of carbonyl (C=O) groups is 2. The van der Waals surface area contributed by atoms with Crippen LogP contribution in [0.15, 0.2) is 0 Å². The van der Waals surface area contributed by atoms with E-state index in [9.17, 15) is 9.59 Å². The molecule has 0 aromatic carbocycles. The second kappa shape index (κ2) is 7.33. The van der Waals surface area contributed by atoms with Crippen LogP contribution < -0.4 is 10.6 Å². The van der Waals surface area contributed by atoms with Crippen LogP contribution in [0.1, 0.15) is 45.5 Å². The molecule has 1 rings (SSSR count). The first-order chi connectivity index (χ1) is 9.32. The number of nitrogens with one attached hydrogen (secondary N) is 2. The molecule has 0 aliphatic carbocycles. The van der Waals surface area contributed by atoms with Crippen molar-refractivity contribution in [3.05, 3.63) is 5.01 Å². The fraction of sp³-hybridized carbons (Fsp3) is 0.692. The molecule has 0 spiro atoms. The van der Waals surface area contributed by atoms with Crippen LogP contribution in [0.4, 0.5) is 5.13 Å². The molecule has 1 aromatic heterocycles. The van der Waals surface area contributed by atoms with Gasteiger partial charge in [0, 0.05) is 18.4 Å². The van der Waals surface area contributed by atoms with Crippen molar-refractivity contribution in [2.75, 3.05) is 11.9 Å². The lowest BCUT2D eigenvalue weighted by atomic mass is 9.96. The van der Waals surface area contributed by atoms with Crippen LogP contribution in [0.25, 0.3) is 0 Å². The third kappa shape index (κ3) is 5.64. The molecular weight excluding hydrogens is 276 g/mol. The first kappa shape index (κ1) is 16.6. The Morgan fingerprint density at radius 1 is 1.25 bits per heavy atom. The molecule has 1 aromatic rings. The topological polar surface area (TPSA) is 84.0 Å². The molecule has 0 fully saturated rings. The average molecular weight is 298 g/mol. The molecule has 2 N–H and O–H groups in total. The van der Waals surface area contributed by atoms with Crippen LogP contribution in [-0.4, -0.2) is 28.6 Å². The molecule has 0 aliphatic heterocycles. The van der Waals surface area contributed by atoms with Crippen molar-refractivity contribution in [2.24, 2.45) is 5.41 Å². The molecule has 0 saturated heterocycles. The van der Waals surface area contributed by atoms with Gasteiger partial charge in [0.2, 0.25) is 16.9 Å². The minimum Gasteiger partial charge on any atom is -0.356 e. The Labute approximate surface area is 123 Å². The number of hydrogen-bond acceptors (Lipinski definition) is 5. The Morgan fingerprint density at radius 2 is 1.95 bits per heavy atom. The number of rotatable bonds is 6. The molecule has 20 heavy (non-hydrogen) atoms. The van der Waals surface area contributed by atoms with E-state index in [-0.39, 0.29) is 11.8 Å². The van der Waals surface area contributed by atoms with Crippen LogP contribution in [0.5, 0.6) is 0 Å². The minimum absolute atomic E-state index is 0.00498. The van der Waals surface area contributed by atoms with Crippen molar-refractivity contribution in [1.82, 2.24) is 15.5 Å². The fourth-order valence-electron chi connectivity index (χ4n) is 1.34. The lowest BCUT2D eigenvalue weighted by Crippen LogP contribution is -2.35. The van der Waals surface area contributed by atoms with Crippen molar-refractivity contribution in [3.63, 3.8) is 0 Å². The maximum atomic E-state index is 11.7. The summed E-state index contributed by atoms with van der Waals surface area (Å²) in [5, 5.41) is 14.8. The lowest BCUT2D eigenvalue weighted by molar-refractivity contribution is -0.128. The highest BCUT2D eigenvalue weighted by Crippen LogP contribution is 2.15. The van der Waals surface area contributed by atoms with Crippen molar-refractivity contribution in [1.29, 1.82) is 0 Å². The lowest BCUT2D eigenvalue weighted by Gasteiger charge is -2.17. The zero-order valence-corrected chi connectivity index (χ0v) is 13.3. The molecule has 7 heteroatoms. The summed E-state index contributed by atoms with van der Waals surface area (Å²) in [4.78, 5) is 23.3. The highest BCUT2D eigenvalue weighted by atomic mass is 32.1. The Kier molecular flexibility index (Phi) is 6.06. The number of hydrogen-bond donors (Lipinski definition) is 2. The van der Waals surface area contributed by atoms with E-state index < -0.39 is 5.41 Å². The van der Waals surface area contributed by atoms with Crippen LogP contribution >= 0.6 is 11.3 Å². The van der Waals surface area contributed by atoms with Gasteiger partial charge >= 0.3 is 0 Å². The second-order valence-electron chi connectivity index (χ2n) is 5.51. The number of aryl methyl sites for hydroxylation is 1. The number of anilines is 1. The molecule has 0 unspecified atom stereocenters. The Balaban J connectivity index is 2.22. The van der Waals surface area contributed by atoms with Crippen molar-refractivity contribution in [3.8, 4) is 0 Å². The van der Waals surface area contributed by atoms with E-state index in [0.29, 0.717) is 24.5 Å². The number of carbonyl (C=O) groups excluding carboxylic acids is 2. The molecule has 0 bridgehead atoms. The fourth-order valence-corrected chi connectivity index (χ4v) is 2.04. The first-order valence-corrected chi connectivity index (χ1v) is 7.55. The van der Waals surface area contributed by atoms with E-state index >= 15 is 0 Å². The van der Waals surface area contributed by atoms with Gasteiger partial charge in [-0.25, -0.2) is 0 Å². The summed E-state index contributed by atoms with van der Waals surface area (Å²) in [6.07, 6.45) is 1.77. The van der Waals surface area contributed by atoms with Gasteiger partial charge in [0.15, 0.2) is 0 Å². The summed E-state index contributed by atoms with van der Waals surface area (Å²) in [7, 11) is 0. The Bertz CT molecular complexity index is 465. The molecular formula is C13H22N4O2S. The Hall–Kier alpha value is -1.50. The second-order valence-corrected chi connectivity index (χ2v) is 6.57. The molecule has 0 aliphatic rings. The maximum absolute atomic E-state index is 11.7. The summed E-state index contributed by atoms with van der Waals surface area (Å²) in [6.45, 7) is 8.06. The average Bonchev–Trinajstić information content (AvgIpc) is 2.80. The van der Waals surface area contributed by atoms with Crippen LogP contribution in [-0.2, 0) is 16.0 Å². The molecule has 0 atom stereocenters. The molecule has 0 radical (unpaired) electrons. The van der Waals surface area contributed by atoms with Gasteiger partial charge < -0.3 is 10.6 Å². The van der Waals surface area contributed by atoms with Gasteiger partial charge in [0.1, 0.15) is 5.01 Å². The van der Waals surface area contributed by atoms with E-state index in [1.54, 1.807) is 0 Å². The van der Waals surface area contributed by atoms with Crippen molar-refractivity contribution in [2.45, 2.75) is 47.0 Å². The van der Waals surface area contributed by atoms with Crippen molar-refractivity contribution < 1.29 is 9.59 Å². The summed E-state index contributed by atoms with van der Waals surface area (Å²) >= 11 is 1.38. The quantitative estimate of drug-likeness (QED) is 0.787. The standard InChI is InChI=1S/C13H22N4O2S/c1-5-10-16-17-12(20-10)15-9(18)7-6-8-14-11(19)13(2,3)4/h5-8H2,1-4H3,(H,14,19)(H,15,17,18). The number of aromatic nitrogens is 2. The van der Waals surface area contributed by atoms with Crippen LogP contribution in [0.3, 0.4) is 0 Å². The normalized spacial score (nSPS) is 11.2. The maximum Gasteiger partial charge on any atom is 0.226 e. The highest BCUT2D eigenvalue weighted by molar-refractivity contribution is 7.15. The van der Waals surface area contributed by atoms with Crippen molar-refractivity contribution >= 4 is 28.3 Å². The van der Waals surface area contributed by atoms with Gasteiger partial charge in [-0.3, -0.25) is 9.59 Å². The summed E-state index contributed by atoms with van der Waals surface area (Å²) in [6, 6.07) is 0. The molecule has 2 amide bonds. The highest BCUT2D eigenvalue weighted by Gasteiger charge is 2.20. The van der Waals surface area contributed by atoms with Crippen LogP contribution in [0.2, 0.25) is 0 Å². The van der Waals surface area contributed by atoms with E-state index in [1.807, 2.05) is 27.7 Å². The van der Waals surface area contributed by atoms with Gasteiger partial charge in [-0.1, -0.05) is 39.0 Å². The third-order valence-electron chi connectivity index (χ3n) is 2.56. The van der Waals surface area contributed by atoms with Gasteiger partial charge in [-0.05, 0) is 12.8 Å². The number of nitrogens with zero attached hydrogens (tertiary/aromatic N) is 2. The number of amides is 2. The van der Waals surface area contributed by atoms with E-state index in [1.165, 1.54) is 11.3 Å². The molecule has 0 saturated carbocycles. The predicted molar refractivity (Wildman–Crippen MR) is 79.6 cm³/mol. The van der Waals surface area contributed by atoms with E-state index in [4.69, 9.17) is 0 Å². The zero-order chi connectivity index (χ0) is 15.2. The molecule has 1 heterocycles. The third-order valence-corrected chi connectivity index (χ3v) is 3.55. The van der Waals surface area contributed by atoms with Gasteiger partial charge in [0.25, 0.3) is 0 Å². The zero-order valence-electron chi connectivity index (χ0n) is 12.4. The summed E-state index contributed by atoms with van der Waals surface area (Å²) < 4.78 is 0. The predicted octanol–water partition coefficient (Wildman–Crippen LogP) is 1.98. The minimum atomic E-state index is -0.397. The van der Waals surface area contributed by atoms with Gasteiger partial charge in [-0.15, -0.1) is 10.2 Å². The SMILES string of the molecule is CCc1nnc(NC(=O)CCCNC(=O)C(C)(C)C)s1. The van der Waals surface area contributed by atoms with E-state index in [2.05, 4.69) is 20.8 Å². The summed E-state index contributed by atoms with van der Waals surface area (Å²) in [5.74, 6) is -0.108. The molecule has 6 nitrogen and oxygen atoms in total. The van der Waals surface area contributed by atoms with E-state index in [0.717, 1.165) is 11.4 Å². The van der Waals surface area contributed by atoms with Gasteiger partial charge in [-0.2, -0.15) is 0 Å². The van der Waals surface area contributed by atoms with Gasteiger partial charge in [0.05, 0.1) is 0 Å². The Morgan fingerprint density at radius 3 is 2.50 bits per heavy atom. The molecule has 112 valence electrons. The summed E-state index contributed by atoms with van der Waals surface area (Å²) in [5.41, 5.74) is -0.397.